The zero-order valence-electron chi connectivity index (χ0n) is 25.5. The van der Waals surface area contributed by atoms with Gasteiger partial charge >= 0.3 is 6.09 Å². The Labute approximate surface area is 246 Å². The molecule has 1 saturated carbocycles. The van der Waals surface area contributed by atoms with Crippen molar-refractivity contribution in [2.45, 2.75) is 84.8 Å². The van der Waals surface area contributed by atoms with Gasteiger partial charge in [0.2, 0.25) is 0 Å². The number of rotatable bonds is 4. The topological polar surface area (TPSA) is 83.9 Å². The number of ether oxygens (including phenoxy) is 1. The van der Waals surface area contributed by atoms with Crippen LogP contribution in [0, 0.1) is 0 Å². The predicted molar refractivity (Wildman–Crippen MR) is 167 cm³/mol. The highest BCUT2D eigenvalue weighted by atomic mass is 32.2. The molecule has 2 aliphatic rings. The van der Waals surface area contributed by atoms with Crippen molar-refractivity contribution in [2.24, 2.45) is 0 Å². The quantitative estimate of drug-likeness (QED) is 0.360. The van der Waals surface area contributed by atoms with Crippen LogP contribution < -0.4 is 9.62 Å². The second-order valence-corrected chi connectivity index (χ2v) is 13.1. The Hall–Kier alpha value is -3.17. The summed E-state index contributed by atoms with van der Waals surface area (Å²) >= 11 is -1.62. The number of hydrogen-bond acceptors (Lipinski definition) is 4. The molecular formula is C32H44N4O4S. The molecule has 41 heavy (non-hydrogen) atoms. The van der Waals surface area contributed by atoms with Crippen LogP contribution in [0.1, 0.15) is 88.6 Å². The van der Waals surface area contributed by atoms with Crippen molar-refractivity contribution in [2.75, 3.05) is 25.5 Å². The zero-order chi connectivity index (χ0) is 29.9. The van der Waals surface area contributed by atoms with Gasteiger partial charge in [0.05, 0.1) is 11.4 Å². The molecule has 2 aromatic carbocycles. The lowest BCUT2D eigenvalue weighted by atomic mass is 9.81. The molecule has 1 N–H and O–H groups in total. The Morgan fingerprint density at radius 3 is 2.34 bits per heavy atom. The standard InChI is InChI=1S/C30H38N4O4S.C2H6/c1-30(2,3)38-29(36)34-18-17-33-25-19-21(28(35)31-39(37)32(4)5)15-16-22(25)26(20-11-7-6-8-12-20)27(33)23-13-9-10-14-24(23)34;1-2/h9-10,13-16,19-20H,6-8,11-12,17-18H2,1-5H3,(H,31,35);1-2H3. The third kappa shape index (κ3) is 6.51. The van der Waals surface area contributed by atoms with Gasteiger partial charge in [0, 0.05) is 49.2 Å². The highest BCUT2D eigenvalue weighted by molar-refractivity contribution is 7.81. The molecule has 0 spiro atoms. The second kappa shape index (κ2) is 12.8. The van der Waals surface area contributed by atoms with Gasteiger partial charge in [0.15, 0.2) is 11.2 Å². The average Bonchev–Trinajstić information content (AvgIpc) is 3.16. The van der Waals surface area contributed by atoms with Gasteiger partial charge in [0.25, 0.3) is 5.91 Å². The summed E-state index contributed by atoms with van der Waals surface area (Å²) in [7, 11) is 3.30. The number of amides is 2. The third-order valence-electron chi connectivity index (χ3n) is 7.50. The molecule has 1 aliphatic carbocycles. The van der Waals surface area contributed by atoms with E-state index in [1.165, 1.54) is 29.1 Å². The first-order valence-electron chi connectivity index (χ1n) is 14.7. The van der Waals surface area contributed by atoms with Crippen LogP contribution >= 0.6 is 0 Å². The van der Waals surface area contributed by atoms with E-state index in [2.05, 4.69) is 15.4 Å². The highest BCUT2D eigenvalue weighted by Crippen LogP contribution is 2.47. The minimum atomic E-state index is -1.62. The van der Waals surface area contributed by atoms with Gasteiger partial charge in [-0.15, -0.1) is 0 Å². The van der Waals surface area contributed by atoms with E-state index in [4.69, 9.17) is 4.74 Å². The molecule has 9 heteroatoms. The molecule has 222 valence electrons. The molecule has 3 aromatic rings. The van der Waals surface area contributed by atoms with E-state index in [9.17, 15) is 13.8 Å². The van der Waals surface area contributed by atoms with Crippen molar-refractivity contribution in [3.8, 4) is 11.3 Å². The minimum Gasteiger partial charge on any atom is -0.443 e. The van der Waals surface area contributed by atoms with Crippen LogP contribution in [0.5, 0.6) is 0 Å². The van der Waals surface area contributed by atoms with Gasteiger partial charge in [-0.25, -0.2) is 13.3 Å². The Bertz CT molecular complexity index is 1430. The molecular weight excluding hydrogens is 536 g/mol. The Morgan fingerprint density at radius 1 is 1.00 bits per heavy atom. The van der Waals surface area contributed by atoms with Crippen molar-refractivity contribution in [1.82, 2.24) is 13.6 Å². The van der Waals surface area contributed by atoms with Gasteiger partial charge in [-0.05, 0) is 63.3 Å². The van der Waals surface area contributed by atoms with Crippen molar-refractivity contribution >= 4 is 39.8 Å². The summed E-state index contributed by atoms with van der Waals surface area (Å²) in [6, 6.07) is 13.8. The van der Waals surface area contributed by atoms with Gasteiger partial charge < -0.3 is 9.30 Å². The number of hydrogen-bond donors (Lipinski definition) is 1. The number of nitrogens with one attached hydrogen (secondary N) is 1. The normalized spacial score (nSPS) is 16.2. The number of nitrogens with zero attached hydrogens (tertiary/aromatic N) is 3. The maximum atomic E-state index is 13.4. The van der Waals surface area contributed by atoms with Gasteiger partial charge in [-0.3, -0.25) is 14.4 Å². The number of benzene rings is 2. The summed E-state index contributed by atoms with van der Waals surface area (Å²) in [5.41, 5.74) is 5.05. The molecule has 8 nitrogen and oxygen atoms in total. The van der Waals surface area contributed by atoms with Crippen molar-refractivity contribution in [1.29, 1.82) is 0 Å². The van der Waals surface area contributed by atoms with Crippen LogP contribution in [0.4, 0.5) is 10.5 Å². The van der Waals surface area contributed by atoms with Crippen LogP contribution in [0.15, 0.2) is 42.5 Å². The number of para-hydroxylation sites is 1. The minimum absolute atomic E-state index is 0.365. The van der Waals surface area contributed by atoms with Crippen LogP contribution in [-0.4, -0.2) is 51.3 Å². The molecule has 0 radical (unpaired) electrons. The fourth-order valence-corrected chi connectivity index (χ4v) is 6.27. The Balaban J connectivity index is 0.00000189. The molecule has 0 saturated heterocycles. The van der Waals surface area contributed by atoms with E-state index in [1.807, 2.05) is 71.0 Å². The smallest absolute Gasteiger partial charge is 0.414 e. The summed E-state index contributed by atoms with van der Waals surface area (Å²) in [5.74, 6) is 0.0163. The molecule has 1 unspecified atom stereocenters. The predicted octanol–water partition coefficient (Wildman–Crippen LogP) is 7.01. The lowest BCUT2D eigenvalue weighted by Crippen LogP contribution is -2.38. The van der Waals surface area contributed by atoms with Crippen LogP contribution in [0.2, 0.25) is 0 Å². The molecule has 5 rings (SSSR count). The summed E-state index contributed by atoms with van der Waals surface area (Å²) in [6.07, 6.45) is 5.51. The van der Waals surface area contributed by atoms with E-state index in [1.54, 1.807) is 19.0 Å². The van der Waals surface area contributed by atoms with Crippen molar-refractivity contribution in [3.63, 3.8) is 0 Å². The van der Waals surface area contributed by atoms with Crippen molar-refractivity contribution in [3.05, 3.63) is 53.6 Å². The van der Waals surface area contributed by atoms with Crippen LogP contribution in [0.3, 0.4) is 0 Å². The van der Waals surface area contributed by atoms with E-state index < -0.39 is 16.8 Å². The fraction of sp³-hybridized carbons (Fsp3) is 0.500. The maximum absolute atomic E-state index is 13.4. The van der Waals surface area contributed by atoms with Gasteiger partial charge in [0.1, 0.15) is 5.60 Å². The van der Waals surface area contributed by atoms with Crippen molar-refractivity contribution < 1.29 is 18.5 Å². The molecule has 1 fully saturated rings. The van der Waals surface area contributed by atoms with E-state index in [0.717, 1.165) is 40.7 Å². The summed E-state index contributed by atoms with van der Waals surface area (Å²) in [6.45, 7) is 10.6. The molecule has 1 aliphatic heterocycles. The first-order valence-corrected chi connectivity index (χ1v) is 15.8. The first-order chi connectivity index (χ1) is 19.5. The largest absolute Gasteiger partial charge is 0.443 e. The van der Waals surface area contributed by atoms with Crippen LogP contribution in [-0.2, 0) is 22.5 Å². The van der Waals surface area contributed by atoms with Crippen LogP contribution in [0.25, 0.3) is 22.2 Å². The number of carbonyl (C=O) groups excluding carboxylic acids is 2. The third-order valence-corrected chi connectivity index (χ3v) is 8.53. The fourth-order valence-electron chi connectivity index (χ4n) is 5.81. The lowest BCUT2D eigenvalue weighted by molar-refractivity contribution is 0.0579. The summed E-state index contributed by atoms with van der Waals surface area (Å²) < 4.78 is 24.3. The molecule has 0 bridgehead atoms. The average molecular weight is 581 g/mol. The monoisotopic (exact) mass is 580 g/mol. The summed E-state index contributed by atoms with van der Waals surface area (Å²) in [4.78, 5) is 28.1. The van der Waals surface area contributed by atoms with E-state index >= 15 is 0 Å². The van der Waals surface area contributed by atoms with Gasteiger partial charge in [-0.2, -0.15) is 0 Å². The molecule has 1 atom stereocenters. The number of carbonyl (C=O) groups is 2. The highest BCUT2D eigenvalue weighted by Gasteiger charge is 2.33. The SMILES string of the molecule is CC.CN(C)S(=O)NC(=O)c1ccc2c(C3CCCCC3)c3n(c2c1)CCN(C(=O)OC(C)(C)C)c1ccccc1-3. The maximum Gasteiger partial charge on any atom is 0.414 e. The lowest BCUT2D eigenvalue weighted by Gasteiger charge is -2.28. The molecule has 2 amide bonds. The van der Waals surface area contributed by atoms with Gasteiger partial charge in [-0.1, -0.05) is 57.4 Å². The first kappa shape index (κ1) is 30.8. The Morgan fingerprint density at radius 2 is 1.68 bits per heavy atom. The number of aromatic nitrogens is 1. The number of fused-ring (bicyclic) bond motifs is 5. The number of anilines is 1. The van der Waals surface area contributed by atoms with E-state index in [-0.39, 0.29) is 12.0 Å². The second-order valence-electron chi connectivity index (χ2n) is 11.6. The Kier molecular flexibility index (Phi) is 9.59. The zero-order valence-corrected chi connectivity index (χ0v) is 26.3. The molecule has 2 heterocycles. The molecule has 1 aromatic heterocycles. The van der Waals surface area contributed by atoms with E-state index in [0.29, 0.717) is 24.6 Å². The summed E-state index contributed by atoms with van der Waals surface area (Å²) in [5, 5.41) is 1.14.